The topological polar surface area (TPSA) is 87.2 Å². The van der Waals surface area contributed by atoms with Gasteiger partial charge in [0.1, 0.15) is 0 Å². The van der Waals surface area contributed by atoms with Crippen LogP contribution in [0.2, 0.25) is 0 Å². The normalized spacial score (nSPS) is 13.9. The fourth-order valence-electron chi connectivity index (χ4n) is 1.72. The lowest BCUT2D eigenvalue weighted by Crippen LogP contribution is -2.40. The Kier molecular flexibility index (Phi) is 3.53. The number of nitrogen functional groups attached to an aromatic ring is 1. The predicted molar refractivity (Wildman–Crippen MR) is 68.9 cm³/mol. The van der Waals surface area contributed by atoms with E-state index in [2.05, 4.69) is 0 Å². The number of nitrogens with two attached hydrogens (primary N) is 1. The van der Waals surface area contributed by atoms with Gasteiger partial charge in [-0.25, -0.2) is 4.90 Å². The maximum atomic E-state index is 11.9. The molecular formula is C12H11N3O2S. The molecule has 0 unspecified atom stereocenters. The minimum absolute atomic E-state index is 0.0428. The lowest BCUT2D eigenvalue weighted by atomic mass is 10.2. The minimum Gasteiger partial charge on any atom is -0.399 e. The molecule has 1 aliphatic rings. The molecule has 0 radical (unpaired) electrons. The third kappa shape index (κ3) is 2.31. The van der Waals surface area contributed by atoms with E-state index in [-0.39, 0.29) is 30.4 Å². The fraction of sp³-hybridized carbons (Fsp3) is 0.250. The summed E-state index contributed by atoms with van der Waals surface area (Å²) >= 11 is 1.39. The van der Waals surface area contributed by atoms with Crippen LogP contribution < -0.4 is 10.6 Å². The quantitative estimate of drug-likeness (QED) is 0.816. The number of imide groups is 1. The van der Waals surface area contributed by atoms with Crippen LogP contribution in [-0.2, 0) is 9.59 Å². The van der Waals surface area contributed by atoms with Crippen molar-refractivity contribution in [3.05, 3.63) is 18.2 Å². The Balaban J connectivity index is 2.36. The van der Waals surface area contributed by atoms with Crippen LogP contribution in [0.15, 0.2) is 23.1 Å². The SMILES string of the molecule is N#CCCC(=O)N1C(=O)CSc2ccc(N)cc21. The highest BCUT2D eigenvalue weighted by Crippen LogP contribution is 2.36. The molecule has 0 aliphatic carbocycles. The van der Waals surface area contributed by atoms with Crippen molar-refractivity contribution in [3.8, 4) is 6.07 Å². The molecule has 6 heteroatoms. The van der Waals surface area contributed by atoms with Gasteiger partial charge in [-0.2, -0.15) is 5.26 Å². The summed E-state index contributed by atoms with van der Waals surface area (Å²) in [5.41, 5.74) is 6.71. The second-order valence-corrected chi connectivity index (χ2v) is 4.81. The number of hydrogen-bond acceptors (Lipinski definition) is 5. The van der Waals surface area contributed by atoms with E-state index in [0.717, 1.165) is 9.80 Å². The number of fused-ring (bicyclic) bond motifs is 1. The van der Waals surface area contributed by atoms with Crippen molar-refractivity contribution >= 4 is 35.0 Å². The maximum absolute atomic E-state index is 11.9. The van der Waals surface area contributed by atoms with Gasteiger partial charge in [-0.05, 0) is 18.2 Å². The Hall–Kier alpha value is -2.00. The zero-order valence-corrected chi connectivity index (χ0v) is 10.4. The number of anilines is 2. The number of rotatable bonds is 2. The van der Waals surface area contributed by atoms with Crippen molar-refractivity contribution in [3.63, 3.8) is 0 Å². The molecule has 0 atom stereocenters. The summed E-state index contributed by atoms with van der Waals surface area (Å²) in [6.45, 7) is 0. The number of amides is 2. The molecule has 0 bridgehead atoms. The number of thioether (sulfide) groups is 1. The zero-order chi connectivity index (χ0) is 13.1. The highest BCUT2D eigenvalue weighted by molar-refractivity contribution is 8.00. The molecule has 0 aromatic heterocycles. The Morgan fingerprint density at radius 3 is 3.06 bits per heavy atom. The van der Waals surface area contributed by atoms with E-state index in [1.807, 2.05) is 6.07 Å². The maximum Gasteiger partial charge on any atom is 0.244 e. The van der Waals surface area contributed by atoms with Gasteiger partial charge in [0.25, 0.3) is 0 Å². The molecule has 2 amide bonds. The molecule has 1 aromatic rings. The van der Waals surface area contributed by atoms with Crippen LogP contribution in [0.3, 0.4) is 0 Å². The minimum atomic E-state index is -0.353. The number of benzene rings is 1. The molecule has 1 aromatic carbocycles. The zero-order valence-electron chi connectivity index (χ0n) is 9.55. The van der Waals surface area contributed by atoms with Gasteiger partial charge in [-0.15, -0.1) is 11.8 Å². The summed E-state index contributed by atoms with van der Waals surface area (Å²) in [4.78, 5) is 25.8. The summed E-state index contributed by atoms with van der Waals surface area (Å²) in [6, 6.07) is 7.05. The van der Waals surface area contributed by atoms with Crippen molar-refractivity contribution in [2.24, 2.45) is 0 Å². The van der Waals surface area contributed by atoms with Gasteiger partial charge in [0, 0.05) is 23.4 Å². The van der Waals surface area contributed by atoms with Gasteiger partial charge < -0.3 is 5.73 Å². The highest BCUT2D eigenvalue weighted by atomic mass is 32.2. The molecule has 5 nitrogen and oxygen atoms in total. The van der Waals surface area contributed by atoms with Crippen LogP contribution in [0.25, 0.3) is 0 Å². The molecule has 0 saturated heterocycles. The van der Waals surface area contributed by atoms with E-state index in [1.54, 1.807) is 18.2 Å². The van der Waals surface area contributed by atoms with Crippen molar-refractivity contribution < 1.29 is 9.59 Å². The first-order valence-corrected chi connectivity index (χ1v) is 6.37. The van der Waals surface area contributed by atoms with Crippen LogP contribution in [0.5, 0.6) is 0 Å². The third-order valence-corrected chi connectivity index (χ3v) is 3.57. The number of nitriles is 1. The first-order chi connectivity index (χ1) is 8.63. The van der Waals surface area contributed by atoms with Gasteiger partial charge in [0.2, 0.25) is 11.8 Å². The fourth-order valence-corrected chi connectivity index (χ4v) is 2.59. The summed E-state index contributed by atoms with van der Waals surface area (Å²) in [6.07, 6.45) is 0.147. The number of hydrogen-bond donors (Lipinski definition) is 1. The second-order valence-electron chi connectivity index (χ2n) is 3.80. The van der Waals surface area contributed by atoms with E-state index < -0.39 is 0 Å². The smallest absolute Gasteiger partial charge is 0.244 e. The van der Waals surface area contributed by atoms with Gasteiger partial charge in [-0.1, -0.05) is 0 Å². The third-order valence-electron chi connectivity index (χ3n) is 2.52. The first kappa shape index (κ1) is 12.5. The molecule has 0 spiro atoms. The molecular weight excluding hydrogens is 250 g/mol. The van der Waals surface area contributed by atoms with E-state index in [9.17, 15) is 9.59 Å². The van der Waals surface area contributed by atoms with Gasteiger partial charge in [-0.3, -0.25) is 9.59 Å². The van der Waals surface area contributed by atoms with Crippen molar-refractivity contribution in [1.82, 2.24) is 0 Å². The Morgan fingerprint density at radius 2 is 2.33 bits per heavy atom. The van der Waals surface area contributed by atoms with E-state index in [1.165, 1.54) is 11.8 Å². The van der Waals surface area contributed by atoms with Gasteiger partial charge in [0.05, 0.1) is 17.5 Å². The largest absolute Gasteiger partial charge is 0.399 e. The summed E-state index contributed by atoms with van der Waals surface area (Å²) in [5, 5.41) is 8.49. The number of nitrogens with zero attached hydrogens (tertiary/aromatic N) is 2. The molecule has 0 saturated carbocycles. The molecule has 92 valence electrons. The first-order valence-electron chi connectivity index (χ1n) is 5.38. The van der Waals surface area contributed by atoms with Crippen LogP contribution in [0.1, 0.15) is 12.8 Å². The monoisotopic (exact) mass is 261 g/mol. The highest BCUT2D eigenvalue weighted by Gasteiger charge is 2.29. The summed E-state index contributed by atoms with van der Waals surface area (Å²) in [5.74, 6) is -0.385. The number of carbonyl (C=O) groups is 2. The predicted octanol–water partition coefficient (Wildman–Crippen LogP) is 1.54. The molecule has 0 fully saturated rings. The molecule has 2 rings (SSSR count). The van der Waals surface area contributed by atoms with Crippen molar-refractivity contribution in [1.29, 1.82) is 5.26 Å². The van der Waals surface area contributed by atoms with Crippen LogP contribution >= 0.6 is 11.8 Å². The molecule has 2 N–H and O–H groups in total. The molecule has 18 heavy (non-hydrogen) atoms. The molecule has 1 aliphatic heterocycles. The van der Waals surface area contributed by atoms with Gasteiger partial charge >= 0.3 is 0 Å². The lowest BCUT2D eigenvalue weighted by Gasteiger charge is -2.27. The summed E-state index contributed by atoms with van der Waals surface area (Å²) in [7, 11) is 0. The van der Waals surface area contributed by atoms with E-state index >= 15 is 0 Å². The Morgan fingerprint density at radius 1 is 1.56 bits per heavy atom. The van der Waals surface area contributed by atoms with E-state index in [0.29, 0.717) is 11.4 Å². The van der Waals surface area contributed by atoms with Crippen LogP contribution in [0.4, 0.5) is 11.4 Å². The Labute approximate surface area is 109 Å². The van der Waals surface area contributed by atoms with Gasteiger partial charge in [0.15, 0.2) is 0 Å². The average Bonchev–Trinajstić information content (AvgIpc) is 2.35. The average molecular weight is 261 g/mol. The molecule has 1 heterocycles. The van der Waals surface area contributed by atoms with Crippen molar-refractivity contribution in [2.75, 3.05) is 16.4 Å². The van der Waals surface area contributed by atoms with E-state index in [4.69, 9.17) is 11.0 Å². The standard InChI is InChI=1S/C12H11N3O2S/c13-5-1-2-11(16)15-9-6-8(14)3-4-10(9)18-7-12(15)17/h3-4,6H,1-2,7,14H2. The van der Waals surface area contributed by atoms with Crippen molar-refractivity contribution in [2.45, 2.75) is 17.7 Å². The van der Waals surface area contributed by atoms with Crippen LogP contribution in [-0.4, -0.2) is 17.6 Å². The van der Waals surface area contributed by atoms with Crippen LogP contribution in [0, 0.1) is 11.3 Å². The number of carbonyl (C=O) groups excluding carboxylic acids is 2. The second kappa shape index (κ2) is 5.10. The summed E-state index contributed by atoms with van der Waals surface area (Å²) < 4.78 is 0. The Bertz CT molecular complexity index is 551. The lowest BCUT2D eigenvalue weighted by molar-refractivity contribution is -0.125.